The molecule has 0 aliphatic carbocycles. The number of carbonyl (C=O) groups excluding carboxylic acids is 1. The lowest BCUT2D eigenvalue weighted by atomic mass is 10.3. The summed E-state index contributed by atoms with van der Waals surface area (Å²) in [5, 5.41) is 10.5. The summed E-state index contributed by atoms with van der Waals surface area (Å²) in [7, 11) is 1.00. The Morgan fingerprint density at radius 1 is 1.48 bits per heavy atom. The molecule has 0 radical (unpaired) electrons. The molecule has 7 nitrogen and oxygen atoms in total. The van der Waals surface area contributed by atoms with E-state index < -0.39 is 0 Å². The van der Waals surface area contributed by atoms with Gasteiger partial charge in [-0.2, -0.15) is 0 Å². The molecule has 5 N–H and O–H groups in total. The zero-order valence-corrected chi connectivity index (χ0v) is 14.3. The van der Waals surface area contributed by atoms with E-state index in [1.54, 1.807) is 6.21 Å². The number of hydrogen-bond donors (Lipinski definition) is 4. The molecular formula is C13H27BrN4O3. The van der Waals surface area contributed by atoms with Gasteiger partial charge in [-0.1, -0.05) is 28.1 Å². The Hall–Kier alpha value is -0.800. The van der Waals surface area contributed by atoms with Gasteiger partial charge in [0.25, 0.3) is 0 Å². The Labute approximate surface area is 135 Å². The van der Waals surface area contributed by atoms with Crippen molar-refractivity contribution >= 4 is 28.1 Å². The van der Waals surface area contributed by atoms with E-state index in [-0.39, 0.29) is 17.5 Å². The standard InChI is InChI=1S/C12H23BrN4O2.CH4O/c1-2-16-11(17-14)6-3-4-7-15-8-5-9-19-12(18)10-13;1-2/h2-4,11,15,17H,5-10,14H2,1H3;2H,1H3/b4-3+,16-2-;/t11-;/m1./s1. The summed E-state index contributed by atoms with van der Waals surface area (Å²) < 4.78 is 4.91. The van der Waals surface area contributed by atoms with Crippen molar-refractivity contribution in [1.29, 1.82) is 0 Å². The number of aliphatic hydroxyl groups is 1. The molecule has 0 unspecified atom stereocenters. The van der Waals surface area contributed by atoms with Gasteiger partial charge in [0, 0.05) is 20.1 Å². The van der Waals surface area contributed by atoms with Gasteiger partial charge in [0.05, 0.1) is 6.61 Å². The van der Waals surface area contributed by atoms with Crippen molar-refractivity contribution in [2.24, 2.45) is 10.8 Å². The second kappa shape index (κ2) is 19.2. The van der Waals surface area contributed by atoms with Crippen LogP contribution in [0.25, 0.3) is 0 Å². The first-order valence-corrected chi connectivity index (χ1v) is 7.82. The van der Waals surface area contributed by atoms with E-state index in [0.717, 1.165) is 33.0 Å². The number of nitrogens with zero attached hydrogens (tertiary/aromatic N) is 1. The van der Waals surface area contributed by atoms with Crippen LogP contribution >= 0.6 is 15.9 Å². The van der Waals surface area contributed by atoms with E-state index in [2.05, 4.69) is 31.7 Å². The zero-order chi connectivity index (χ0) is 16.3. The maximum Gasteiger partial charge on any atom is 0.316 e. The minimum Gasteiger partial charge on any atom is -0.465 e. The second-order valence-corrected chi connectivity index (χ2v) is 4.27. The van der Waals surface area contributed by atoms with Crippen LogP contribution < -0.4 is 16.6 Å². The fourth-order valence-electron chi connectivity index (χ4n) is 1.27. The molecule has 0 rings (SSSR count). The van der Waals surface area contributed by atoms with E-state index in [0.29, 0.717) is 6.61 Å². The number of nitrogens with one attached hydrogen (secondary N) is 2. The van der Waals surface area contributed by atoms with Gasteiger partial charge in [0.1, 0.15) is 11.5 Å². The number of hydrogen-bond acceptors (Lipinski definition) is 7. The van der Waals surface area contributed by atoms with Crippen LogP contribution in [-0.4, -0.2) is 55.6 Å². The summed E-state index contributed by atoms with van der Waals surface area (Å²) in [6.45, 7) is 3.90. The molecule has 0 heterocycles. The molecule has 0 saturated heterocycles. The maximum absolute atomic E-state index is 10.8. The van der Waals surface area contributed by atoms with E-state index >= 15 is 0 Å². The van der Waals surface area contributed by atoms with Crippen molar-refractivity contribution in [3.63, 3.8) is 0 Å². The van der Waals surface area contributed by atoms with Crippen molar-refractivity contribution < 1.29 is 14.6 Å². The van der Waals surface area contributed by atoms with E-state index in [1.807, 2.05) is 19.1 Å². The summed E-state index contributed by atoms with van der Waals surface area (Å²) in [5.74, 6) is 5.11. The highest BCUT2D eigenvalue weighted by atomic mass is 79.9. The monoisotopic (exact) mass is 366 g/mol. The quantitative estimate of drug-likeness (QED) is 0.0798. The molecule has 21 heavy (non-hydrogen) atoms. The highest BCUT2D eigenvalue weighted by molar-refractivity contribution is 9.09. The SMILES string of the molecule is C/C=N\[C@@H](C/C=C/CNCCCOC(=O)CBr)NN.CO. The van der Waals surface area contributed by atoms with Gasteiger partial charge >= 0.3 is 5.97 Å². The van der Waals surface area contributed by atoms with Crippen molar-refractivity contribution in [2.75, 3.05) is 32.1 Å². The normalized spacial score (nSPS) is 12.2. The third kappa shape index (κ3) is 17.1. The first kappa shape index (κ1) is 22.5. The molecule has 0 bridgehead atoms. The van der Waals surface area contributed by atoms with E-state index in [4.69, 9.17) is 15.7 Å². The largest absolute Gasteiger partial charge is 0.465 e. The Kier molecular flexibility index (Phi) is 20.6. The number of aliphatic hydroxyl groups excluding tert-OH is 1. The molecule has 124 valence electrons. The van der Waals surface area contributed by atoms with E-state index in [9.17, 15) is 4.79 Å². The Bertz CT molecular complexity index is 289. The Balaban J connectivity index is 0. The number of alkyl halides is 1. The lowest BCUT2D eigenvalue weighted by molar-refractivity contribution is -0.140. The van der Waals surface area contributed by atoms with Crippen LogP contribution in [-0.2, 0) is 9.53 Å². The van der Waals surface area contributed by atoms with Gasteiger partial charge in [-0.05, 0) is 26.1 Å². The molecule has 0 fully saturated rings. The minimum atomic E-state index is -0.225. The molecule has 8 heteroatoms. The topological polar surface area (TPSA) is 109 Å². The van der Waals surface area contributed by atoms with Crippen LogP contribution in [0.5, 0.6) is 0 Å². The molecule has 0 aromatic carbocycles. The molecular weight excluding hydrogens is 340 g/mol. The Morgan fingerprint density at radius 3 is 2.76 bits per heavy atom. The number of ether oxygens (including phenoxy) is 1. The smallest absolute Gasteiger partial charge is 0.316 e. The number of esters is 1. The lowest BCUT2D eigenvalue weighted by Crippen LogP contribution is -2.33. The highest BCUT2D eigenvalue weighted by Gasteiger charge is 1.98. The van der Waals surface area contributed by atoms with E-state index in [1.165, 1.54) is 0 Å². The summed E-state index contributed by atoms with van der Waals surface area (Å²) in [5.41, 5.74) is 2.62. The average molecular weight is 367 g/mol. The molecule has 0 aromatic rings. The average Bonchev–Trinajstić information content (AvgIpc) is 2.53. The maximum atomic E-state index is 10.8. The predicted octanol–water partition coefficient (Wildman–Crippen LogP) is 0.339. The van der Waals surface area contributed by atoms with Crippen LogP contribution in [0, 0.1) is 0 Å². The molecule has 0 spiro atoms. The minimum absolute atomic E-state index is 0.0649. The molecule has 0 aliphatic rings. The van der Waals surface area contributed by atoms with Crippen molar-refractivity contribution in [3.05, 3.63) is 12.2 Å². The highest BCUT2D eigenvalue weighted by Crippen LogP contribution is 1.93. The van der Waals surface area contributed by atoms with Crippen LogP contribution in [0.2, 0.25) is 0 Å². The second-order valence-electron chi connectivity index (χ2n) is 3.71. The molecule has 0 saturated carbocycles. The van der Waals surface area contributed by atoms with Crippen LogP contribution in [0.4, 0.5) is 0 Å². The molecule has 1 atom stereocenters. The van der Waals surface area contributed by atoms with Crippen molar-refractivity contribution in [2.45, 2.75) is 25.9 Å². The Morgan fingerprint density at radius 2 is 2.19 bits per heavy atom. The number of rotatable bonds is 11. The number of carbonyl (C=O) groups is 1. The summed E-state index contributed by atoms with van der Waals surface area (Å²) >= 11 is 3.03. The van der Waals surface area contributed by atoms with Crippen LogP contribution in [0.1, 0.15) is 19.8 Å². The van der Waals surface area contributed by atoms with Crippen LogP contribution in [0.3, 0.4) is 0 Å². The van der Waals surface area contributed by atoms with Crippen molar-refractivity contribution in [1.82, 2.24) is 10.7 Å². The van der Waals surface area contributed by atoms with Gasteiger partial charge in [-0.25, -0.2) is 5.43 Å². The van der Waals surface area contributed by atoms with Gasteiger partial charge in [0.15, 0.2) is 0 Å². The fourth-order valence-corrected chi connectivity index (χ4v) is 1.43. The third-order valence-electron chi connectivity index (χ3n) is 2.18. The number of halogens is 1. The lowest BCUT2D eigenvalue weighted by Gasteiger charge is -2.07. The molecule has 0 aliphatic heterocycles. The van der Waals surface area contributed by atoms with Crippen LogP contribution in [0.15, 0.2) is 17.1 Å². The summed E-state index contributed by atoms with van der Waals surface area (Å²) in [4.78, 5) is 14.9. The van der Waals surface area contributed by atoms with Gasteiger partial charge in [-0.3, -0.25) is 15.6 Å². The zero-order valence-electron chi connectivity index (χ0n) is 12.7. The van der Waals surface area contributed by atoms with Gasteiger partial charge in [0.2, 0.25) is 0 Å². The number of aliphatic imine (C=N–C) groups is 1. The molecule has 0 amide bonds. The third-order valence-corrected chi connectivity index (χ3v) is 2.64. The first-order valence-electron chi connectivity index (χ1n) is 6.70. The van der Waals surface area contributed by atoms with Crippen molar-refractivity contribution in [3.8, 4) is 0 Å². The summed E-state index contributed by atoms with van der Waals surface area (Å²) in [6, 6.07) is 0. The molecule has 0 aromatic heterocycles. The summed E-state index contributed by atoms with van der Waals surface area (Å²) in [6.07, 6.45) is 7.27. The number of hydrazine groups is 1. The predicted molar refractivity (Wildman–Crippen MR) is 89.4 cm³/mol. The van der Waals surface area contributed by atoms with Gasteiger partial charge in [-0.15, -0.1) is 0 Å². The van der Waals surface area contributed by atoms with Gasteiger partial charge < -0.3 is 15.2 Å². The fraction of sp³-hybridized carbons (Fsp3) is 0.692. The first-order chi connectivity index (χ1) is 10.2. The number of nitrogens with two attached hydrogens (primary N) is 1.